The molecule has 2 aromatic rings. The molecular formula is C22H28N2O4S. The number of carbonyl (C=O) groups is 1. The molecule has 0 unspecified atom stereocenters. The first kappa shape index (κ1) is 21.3. The SMILES string of the molecule is CCOc1ccc(S(=O)(=O)N2CCC[C@@H](C(=O)Nc3cc(C)cc(C)c3)C2)cc1. The van der Waals surface area contributed by atoms with Gasteiger partial charge < -0.3 is 10.1 Å². The number of carbonyl (C=O) groups excluding carboxylic acids is 1. The topological polar surface area (TPSA) is 75.7 Å². The van der Waals surface area contributed by atoms with Gasteiger partial charge in [-0.2, -0.15) is 4.31 Å². The van der Waals surface area contributed by atoms with Crippen LogP contribution in [0.15, 0.2) is 47.4 Å². The quantitative estimate of drug-likeness (QED) is 0.778. The summed E-state index contributed by atoms with van der Waals surface area (Å²) >= 11 is 0. The number of ether oxygens (including phenoxy) is 1. The van der Waals surface area contributed by atoms with Gasteiger partial charge in [0.05, 0.1) is 17.4 Å². The van der Waals surface area contributed by atoms with Crippen molar-refractivity contribution in [2.24, 2.45) is 5.92 Å². The van der Waals surface area contributed by atoms with Gasteiger partial charge in [0.25, 0.3) is 0 Å². The maximum Gasteiger partial charge on any atom is 0.243 e. The fourth-order valence-electron chi connectivity index (χ4n) is 3.69. The fourth-order valence-corrected chi connectivity index (χ4v) is 5.21. The molecule has 29 heavy (non-hydrogen) atoms. The Morgan fingerprint density at radius 3 is 2.41 bits per heavy atom. The third-order valence-corrected chi connectivity index (χ3v) is 6.90. The summed E-state index contributed by atoms with van der Waals surface area (Å²) in [6, 6.07) is 12.3. The molecule has 1 aliphatic rings. The molecule has 7 heteroatoms. The summed E-state index contributed by atoms with van der Waals surface area (Å²) < 4.78 is 32.8. The van der Waals surface area contributed by atoms with Crippen LogP contribution in [0.4, 0.5) is 5.69 Å². The summed E-state index contributed by atoms with van der Waals surface area (Å²) in [6.07, 6.45) is 1.33. The zero-order valence-electron chi connectivity index (χ0n) is 17.1. The molecule has 0 bridgehead atoms. The van der Waals surface area contributed by atoms with Crippen LogP contribution in [-0.4, -0.2) is 38.3 Å². The van der Waals surface area contributed by atoms with Crippen molar-refractivity contribution >= 4 is 21.6 Å². The third-order valence-electron chi connectivity index (χ3n) is 5.02. The molecule has 0 aliphatic carbocycles. The summed E-state index contributed by atoms with van der Waals surface area (Å²) in [5.41, 5.74) is 2.89. The standard InChI is InChI=1S/C22H28N2O4S/c1-4-28-20-7-9-21(10-8-20)29(26,27)24-11-5-6-18(15-24)22(25)23-19-13-16(2)12-17(3)14-19/h7-10,12-14,18H,4-6,11,15H2,1-3H3,(H,23,25)/t18-/m1/s1. The Bertz CT molecular complexity index is 951. The van der Waals surface area contributed by atoms with Gasteiger partial charge in [-0.3, -0.25) is 4.79 Å². The lowest BCUT2D eigenvalue weighted by molar-refractivity contribution is -0.120. The van der Waals surface area contributed by atoms with Gasteiger partial charge in [0.15, 0.2) is 0 Å². The predicted octanol–water partition coefficient (Wildman–Crippen LogP) is 3.74. The van der Waals surface area contributed by atoms with Crippen molar-refractivity contribution in [3.05, 3.63) is 53.6 Å². The highest BCUT2D eigenvalue weighted by molar-refractivity contribution is 7.89. The number of nitrogens with one attached hydrogen (secondary N) is 1. The normalized spacial score (nSPS) is 17.7. The Kier molecular flexibility index (Phi) is 6.59. The van der Waals surface area contributed by atoms with Crippen molar-refractivity contribution in [1.29, 1.82) is 0 Å². The minimum absolute atomic E-state index is 0.137. The Balaban J connectivity index is 1.71. The lowest BCUT2D eigenvalue weighted by Crippen LogP contribution is -2.43. The molecule has 2 aromatic carbocycles. The second-order valence-electron chi connectivity index (χ2n) is 7.47. The van der Waals surface area contributed by atoms with Crippen LogP contribution >= 0.6 is 0 Å². The van der Waals surface area contributed by atoms with Crippen LogP contribution in [0.2, 0.25) is 0 Å². The number of piperidine rings is 1. The molecule has 1 saturated heterocycles. The van der Waals surface area contributed by atoms with Crippen LogP contribution in [0.5, 0.6) is 5.75 Å². The van der Waals surface area contributed by atoms with E-state index in [1.807, 2.05) is 39.0 Å². The highest BCUT2D eigenvalue weighted by atomic mass is 32.2. The molecule has 1 heterocycles. The average Bonchev–Trinajstić information content (AvgIpc) is 2.68. The first-order chi connectivity index (χ1) is 13.8. The number of amides is 1. The smallest absolute Gasteiger partial charge is 0.243 e. The van der Waals surface area contributed by atoms with E-state index in [0.717, 1.165) is 16.8 Å². The van der Waals surface area contributed by atoms with Crippen molar-refractivity contribution in [1.82, 2.24) is 4.31 Å². The lowest BCUT2D eigenvalue weighted by Gasteiger charge is -2.31. The molecular weight excluding hydrogens is 388 g/mol. The highest BCUT2D eigenvalue weighted by Gasteiger charge is 2.33. The van der Waals surface area contributed by atoms with Crippen LogP contribution < -0.4 is 10.1 Å². The van der Waals surface area contributed by atoms with Crippen LogP contribution in [0, 0.1) is 19.8 Å². The number of hydrogen-bond donors (Lipinski definition) is 1. The van der Waals surface area contributed by atoms with Crippen LogP contribution in [0.1, 0.15) is 30.9 Å². The molecule has 1 aliphatic heterocycles. The second kappa shape index (κ2) is 8.97. The van der Waals surface area contributed by atoms with Gasteiger partial charge in [0, 0.05) is 18.8 Å². The molecule has 0 aromatic heterocycles. The molecule has 6 nitrogen and oxygen atoms in total. The lowest BCUT2D eigenvalue weighted by atomic mass is 9.98. The Hall–Kier alpha value is -2.38. The van der Waals surface area contributed by atoms with Crippen molar-refractivity contribution in [3.8, 4) is 5.75 Å². The monoisotopic (exact) mass is 416 g/mol. The molecule has 3 rings (SSSR count). The summed E-state index contributed by atoms with van der Waals surface area (Å²) in [5.74, 6) is 0.124. The highest BCUT2D eigenvalue weighted by Crippen LogP contribution is 2.26. The van der Waals surface area contributed by atoms with Crippen molar-refractivity contribution in [3.63, 3.8) is 0 Å². The van der Waals surface area contributed by atoms with E-state index in [4.69, 9.17) is 4.74 Å². The maximum absolute atomic E-state index is 13.0. The molecule has 1 amide bonds. The molecule has 0 saturated carbocycles. The van der Waals surface area contributed by atoms with E-state index in [2.05, 4.69) is 5.32 Å². The van der Waals surface area contributed by atoms with Crippen molar-refractivity contribution < 1.29 is 17.9 Å². The Morgan fingerprint density at radius 2 is 1.79 bits per heavy atom. The number of benzene rings is 2. The van der Waals surface area contributed by atoms with E-state index < -0.39 is 10.0 Å². The minimum Gasteiger partial charge on any atom is -0.494 e. The van der Waals surface area contributed by atoms with Gasteiger partial charge in [-0.15, -0.1) is 0 Å². The molecule has 1 N–H and O–H groups in total. The number of hydrogen-bond acceptors (Lipinski definition) is 4. The van der Waals surface area contributed by atoms with Gasteiger partial charge in [-0.05, 0) is 81.1 Å². The average molecular weight is 417 g/mol. The molecule has 0 radical (unpaired) electrons. The Morgan fingerprint density at radius 1 is 1.14 bits per heavy atom. The second-order valence-corrected chi connectivity index (χ2v) is 9.41. The zero-order chi connectivity index (χ0) is 21.0. The van der Waals surface area contributed by atoms with E-state index in [1.165, 1.54) is 4.31 Å². The molecule has 1 fully saturated rings. The molecule has 156 valence electrons. The summed E-state index contributed by atoms with van der Waals surface area (Å²) in [4.78, 5) is 13.0. The zero-order valence-corrected chi connectivity index (χ0v) is 18.0. The van der Waals surface area contributed by atoms with Crippen LogP contribution in [0.25, 0.3) is 0 Å². The van der Waals surface area contributed by atoms with Crippen LogP contribution in [0.3, 0.4) is 0 Å². The van der Waals surface area contributed by atoms with Gasteiger partial charge in [0.2, 0.25) is 15.9 Å². The number of nitrogens with zero attached hydrogens (tertiary/aromatic N) is 1. The number of aryl methyl sites for hydroxylation is 2. The first-order valence-corrected chi connectivity index (χ1v) is 11.4. The van der Waals surface area contributed by atoms with E-state index in [0.29, 0.717) is 31.7 Å². The minimum atomic E-state index is -3.65. The van der Waals surface area contributed by atoms with Gasteiger partial charge in [0.1, 0.15) is 5.75 Å². The van der Waals surface area contributed by atoms with Crippen LogP contribution in [-0.2, 0) is 14.8 Å². The maximum atomic E-state index is 13.0. The summed E-state index contributed by atoms with van der Waals surface area (Å²) in [6.45, 7) is 6.97. The van der Waals surface area contributed by atoms with E-state index in [9.17, 15) is 13.2 Å². The molecule has 1 atom stereocenters. The predicted molar refractivity (Wildman–Crippen MR) is 114 cm³/mol. The summed E-state index contributed by atoms with van der Waals surface area (Å²) in [5, 5.41) is 2.95. The summed E-state index contributed by atoms with van der Waals surface area (Å²) in [7, 11) is -3.65. The van der Waals surface area contributed by atoms with Gasteiger partial charge in [-0.25, -0.2) is 8.42 Å². The van der Waals surface area contributed by atoms with Crippen molar-refractivity contribution in [2.45, 2.75) is 38.5 Å². The number of sulfonamides is 1. The van der Waals surface area contributed by atoms with E-state index in [1.54, 1.807) is 24.3 Å². The van der Waals surface area contributed by atoms with Gasteiger partial charge in [-0.1, -0.05) is 6.07 Å². The number of anilines is 1. The van der Waals surface area contributed by atoms with E-state index >= 15 is 0 Å². The number of rotatable bonds is 6. The van der Waals surface area contributed by atoms with Gasteiger partial charge >= 0.3 is 0 Å². The van der Waals surface area contributed by atoms with Crippen molar-refractivity contribution in [2.75, 3.05) is 25.0 Å². The van der Waals surface area contributed by atoms with E-state index in [-0.39, 0.29) is 23.3 Å². The first-order valence-electron chi connectivity index (χ1n) is 9.92. The fraction of sp³-hybridized carbons (Fsp3) is 0.409. The molecule has 0 spiro atoms. The largest absolute Gasteiger partial charge is 0.494 e. The third kappa shape index (κ3) is 5.16. The Labute approximate surface area is 172 Å².